The van der Waals surface area contributed by atoms with Crippen LogP contribution < -0.4 is 16.0 Å². The Bertz CT molecular complexity index is 1640. The number of halogens is 2. The lowest BCUT2D eigenvalue weighted by atomic mass is 10.1. The van der Waals surface area contributed by atoms with E-state index in [9.17, 15) is 19.2 Å². The molecule has 0 aliphatic rings. The van der Waals surface area contributed by atoms with Crippen LogP contribution in [0.25, 0.3) is 6.08 Å². The van der Waals surface area contributed by atoms with Gasteiger partial charge in [0.1, 0.15) is 5.70 Å². The Hall–Kier alpha value is -4.37. The van der Waals surface area contributed by atoms with Crippen LogP contribution in [0.4, 0.5) is 11.4 Å². The van der Waals surface area contributed by atoms with Gasteiger partial charge in [-0.1, -0.05) is 53.5 Å². The zero-order valence-corrected chi connectivity index (χ0v) is 24.6. The molecule has 0 saturated heterocycles. The molecule has 0 aliphatic carbocycles. The molecule has 0 atom stereocenters. The van der Waals surface area contributed by atoms with Crippen molar-refractivity contribution in [2.24, 2.45) is 0 Å². The van der Waals surface area contributed by atoms with E-state index in [1.54, 1.807) is 91.0 Å². The number of Topliss-reactive ketones (excluding diaryl/α,β-unsaturated/α-hetero) is 1. The maximum Gasteiger partial charge on any atom is 0.272 e. The predicted molar refractivity (Wildman–Crippen MR) is 169 cm³/mol. The van der Waals surface area contributed by atoms with Crippen LogP contribution in [0.2, 0.25) is 10.0 Å². The van der Waals surface area contributed by atoms with Crippen LogP contribution in [0.1, 0.15) is 33.2 Å². The normalized spacial score (nSPS) is 11.0. The zero-order valence-electron chi connectivity index (χ0n) is 22.3. The minimum absolute atomic E-state index is 0.0516. The van der Waals surface area contributed by atoms with Gasteiger partial charge in [-0.05, 0) is 79.7 Å². The molecular formula is C32H25Cl2N3O4S. The third-order valence-corrected chi connectivity index (χ3v) is 7.51. The number of ketones is 1. The molecule has 3 amide bonds. The van der Waals surface area contributed by atoms with Crippen LogP contribution in [0.5, 0.6) is 0 Å². The van der Waals surface area contributed by atoms with Crippen LogP contribution in [-0.2, 0) is 9.59 Å². The van der Waals surface area contributed by atoms with Crippen molar-refractivity contribution in [3.05, 3.63) is 129 Å². The number of thioether (sulfide) groups is 1. The fourth-order valence-corrected chi connectivity index (χ4v) is 4.99. The Morgan fingerprint density at radius 1 is 0.738 bits per heavy atom. The van der Waals surface area contributed by atoms with E-state index >= 15 is 0 Å². The Balaban J connectivity index is 1.46. The van der Waals surface area contributed by atoms with Gasteiger partial charge in [0.15, 0.2) is 5.78 Å². The van der Waals surface area contributed by atoms with Gasteiger partial charge < -0.3 is 16.0 Å². The van der Waals surface area contributed by atoms with Gasteiger partial charge in [0.25, 0.3) is 11.8 Å². The summed E-state index contributed by atoms with van der Waals surface area (Å²) in [6.07, 6.45) is 1.42. The lowest BCUT2D eigenvalue weighted by Gasteiger charge is -2.13. The third-order valence-electron chi connectivity index (χ3n) is 5.85. The van der Waals surface area contributed by atoms with E-state index in [0.717, 1.165) is 4.90 Å². The summed E-state index contributed by atoms with van der Waals surface area (Å²) in [5.41, 5.74) is 2.29. The van der Waals surface area contributed by atoms with Crippen LogP contribution in [0.3, 0.4) is 0 Å². The second-order valence-electron chi connectivity index (χ2n) is 8.97. The molecule has 0 radical (unpaired) electrons. The number of hydrogen-bond donors (Lipinski definition) is 3. The molecule has 4 aromatic carbocycles. The summed E-state index contributed by atoms with van der Waals surface area (Å²) < 4.78 is 0. The second-order valence-corrected chi connectivity index (χ2v) is 10.8. The predicted octanol–water partition coefficient (Wildman–Crippen LogP) is 7.34. The lowest BCUT2D eigenvalue weighted by molar-refractivity contribution is -0.114. The van der Waals surface area contributed by atoms with Crippen LogP contribution in [-0.4, -0.2) is 29.3 Å². The fraction of sp³-hybridized carbons (Fsp3) is 0.0625. The quantitative estimate of drug-likeness (QED) is 0.0981. The van der Waals surface area contributed by atoms with Gasteiger partial charge in [0, 0.05) is 43.0 Å². The third kappa shape index (κ3) is 8.57. The smallest absolute Gasteiger partial charge is 0.272 e. The Kier molecular flexibility index (Phi) is 10.6. The molecule has 10 heteroatoms. The Morgan fingerprint density at radius 3 is 2.07 bits per heavy atom. The largest absolute Gasteiger partial charge is 0.325 e. The summed E-state index contributed by atoms with van der Waals surface area (Å²) in [7, 11) is 0. The number of amides is 3. The Labute approximate surface area is 257 Å². The van der Waals surface area contributed by atoms with Crippen molar-refractivity contribution >= 4 is 75.9 Å². The highest BCUT2D eigenvalue weighted by Crippen LogP contribution is 2.27. The van der Waals surface area contributed by atoms with E-state index in [4.69, 9.17) is 23.2 Å². The molecule has 0 fully saturated rings. The van der Waals surface area contributed by atoms with Crippen molar-refractivity contribution < 1.29 is 19.2 Å². The van der Waals surface area contributed by atoms with Crippen LogP contribution in [0, 0.1) is 0 Å². The van der Waals surface area contributed by atoms with Gasteiger partial charge in [-0.3, -0.25) is 19.2 Å². The minimum atomic E-state index is -0.593. The second kappa shape index (κ2) is 14.5. The van der Waals surface area contributed by atoms with Crippen LogP contribution >= 0.6 is 35.0 Å². The highest BCUT2D eigenvalue weighted by molar-refractivity contribution is 8.00. The molecular weight excluding hydrogens is 593 g/mol. The summed E-state index contributed by atoms with van der Waals surface area (Å²) >= 11 is 13.9. The lowest BCUT2D eigenvalue weighted by Crippen LogP contribution is -2.30. The molecule has 7 nitrogen and oxygen atoms in total. The number of hydrogen-bond acceptors (Lipinski definition) is 5. The maximum absolute atomic E-state index is 13.4. The summed E-state index contributed by atoms with van der Waals surface area (Å²) in [6.45, 7) is 1.48. The average Bonchev–Trinajstić information content (AvgIpc) is 2.98. The fourth-order valence-electron chi connectivity index (χ4n) is 3.73. The molecule has 0 heterocycles. The van der Waals surface area contributed by atoms with Gasteiger partial charge in [-0.25, -0.2) is 0 Å². The maximum atomic E-state index is 13.4. The van der Waals surface area contributed by atoms with Crippen molar-refractivity contribution in [1.29, 1.82) is 0 Å². The van der Waals surface area contributed by atoms with Gasteiger partial charge in [0.05, 0.1) is 5.75 Å². The first-order valence-corrected chi connectivity index (χ1v) is 14.4. The van der Waals surface area contributed by atoms with Gasteiger partial charge in [0.2, 0.25) is 5.91 Å². The van der Waals surface area contributed by atoms with Crippen molar-refractivity contribution in [1.82, 2.24) is 5.32 Å². The Morgan fingerprint density at radius 2 is 1.40 bits per heavy atom. The molecule has 0 aromatic heterocycles. The summed E-state index contributed by atoms with van der Waals surface area (Å²) in [5, 5.41) is 8.87. The molecule has 0 aliphatic heterocycles. The van der Waals surface area contributed by atoms with E-state index in [1.165, 1.54) is 24.8 Å². The zero-order chi connectivity index (χ0) is 30.1. The van der Waals surface area contributed by atoms with Gasteiger partial charge in [-0.2, -0.15) is 0 Å². The molecule has 42 heavy (non-hydrogen) atoms. The van der Waals surface area contributed by atoms with E-state index in [0.29, 0.717) is 38.1 Å². The van der Waals surface area contributed by atoms with Crippen LogP contribution in [0.15, 0.2) is 108 Å². The minimum Gasteiger partial charge on any atom is -0.325 e. The van der Waals surface area contributed by atoms with Gasteiger partial charge >= 0.3 is 0 Å². The molecule has 4 aromatic rings. The molecule has 0 spiro atoms. The first-order chi connectivity index (χ1) is 20.2. The SMILES string of the molecule is CC(=O)c1ccc(NC(=O)CSc2cccc(NC(=O)/C(=C\c3c(Cl)cccc3Cl)NC(=O)c3ccccc3)c2)cc1. The summed E-state index contributed by atoms with van der Waals surface area (Å²) in [4.78, 5) is 50.9. The first-order valence-electron chi connectivity index (χ1n) is 12.7. The number of nitrogens with one attached hydrogen (secondary N) is 3. The van der Waals surface area contributed by atoms with E-state index in [2.05, 4.69) is 16.0 Å². The standard InChI is InChI=1S/C32H25Cl2N3O4S/c1-20(38)21-13-15-23(16-14-21)35-30(39)19-42-25-10-5-9-24(17-25)36-32(41)29(18-26-27(33)11-6-12-28(26)34)37-31(40)22-7-3-2-4-8-22/h2-18H,19H2,1H3,(H,35,39)(H,36,41)(H,37,40)/b29-18+. The molecule has 0 bridgehead atoms. The number of carbonyl (C=O) groups excluding carboxylic acids is 4. The van der Waals surface area contributed by atoms with E-state index in [1.807, 2.05) is 6.07 Å². The number of rotatable bonds is 10. The van der Waals surface area contributed by atoms with Gasteiger partial charge in [-0.15, -0.1) is 11.8 Å². The molecule has 4 rings (SSSR count). The van der Waals surface area contributed by atoms with E-state index < -0.39 is 11.8 Å². The topological polar surface area (TPSA) is 104 Å². The molecule has 0 saturated carbocycles. The molecule has 3 N–H and O–H groups in total. The number of anilines is 2. The van der Waals surface area contributed by atoms with Crippen molar-refractivity contribution in [2.45, 2.75) is 11.8 Å². The summed E-state index contributed by atoms with van der Waals surface area (Å²) in [6, 6.07) is 27.0. The number of benzene rings is 4. The molecule has 0 unspecified atom stereocenters. The number of carbonyl (C=O) groups is 4. The van der Waals surface area contributed by atoms with Crippen molar-refractivity contribution in [2.75, 3.05) is 16.4 Å². The van der Waals surface area contributed by atoms with E-state index in [-0.39, 0.29) is 23.1 Å². The summed E-state index contributed by atoms with van der Waals surface area (Å²) in [5.74, 6) is -1.23. The first kappa shape index (κ1) is 30.6. The monoisotopic (exact) mass is 617 g/mol. The van der Waals surface area contributed by atoms with Crippen molar-refractivity contribution in [3.63, 3.8) is 0 Å². The highest BCUT2D eigenvalue weighted by atomic mass is 35.5. The highest BCUT2D eigenvalue weighted by Gasteiger charge is 2.17. The van der Waals surface area contributed by atoms with Crippen molar-refractivity contribution in [3.8, 4) is 0 Å². The molecule has 212 valence electrons. The average molecular weight is 619 g/mol.